The van der Waals surface area contributed by atoms with E-state index in [9.17, 15) is 0 Å². The van der Waals surface area contributed by atoms with Crippen molar-refractivity contribution in [2.24, 2.45) is 5.73 Å². The van der Waals surface area contributed by atoms with Crippen molar-refractivity contribution < 1.29 is 14.0 Å². The van der Waals surface area contributed by atoms with E-state index in [1.54, 1.807) is 0 Å². The van der Waals surface area contributed by atoms with Gasteiger partial charge in [-0.05, 0) is 12.1 Å². The van der Waals surface area contributed by atoms with Crippen LogP contribution >= 0.6 is 0 Å². The number of aliphatic hydroxyl groups excluding tert-OH is 1. The van der Waals surface area contributed by atoms with Gasteiger partial charge in [0.25, 0.3) is 0 Å². The molecule has 0 fully saturated rings. The fraction of sp³-hybridized carbons (Fsp3) is 0.167. The standard InChI is InChI=1S/C12H11N3O3/c13-8(6-16)12-14-11(15-18-12)10-5-7-3-1-2-4-9(7)17-10/h1-5,8,16H,6,13H2/t8-/m1/s1. The van der Waals surface area contributed by atoms with Crippen molar-refractivity contribution in [3.63, 3.8) is 0 Å². The highest BCUT2D eigenvalue weighted by Gasteiger charge is 2.17. The lowest BCUT2D eigenvalue weighted by Crippen LogP contribution is -2.14. The summed E-state index contributed by atoms with van der Waals surface area (Å²) in [7, 11) is 0. The average molecular weight is 245 g/mol. The fourth-order valence-corrected chi connectivity index (χ4v) is 1.66. The molecule has 2 heterocycles. The zero-order valence-corrected chi connectivity index (χ0v) is 9.41. The summed E-state index contributed by atoms with van der Waals surface area (Å²) in [6, 6.07) is 8.76. The van der Waals surface area contributed by atoms with Gasteiger partial charge >= 0.3 is 0 Å². The number of aromatic nitrogens is 2. The summed E-state index contributed by atoms with van der Waals surface area (Å²) >= 11 is 0. The quantitative estimate of drug-likeness (QED) is 0.725. The molecule has 3 N–H and O–H groups in total. The third kappa shape index (κ3) is 1.77. The van der Waals surface area contributed by atoms with Gasteiger partial charge in [-0.25, -0.2) is 0 Å². The molecule has 0 saturated carbocycles. The van der Waals surface area contributed by atoms with Crippen LogP contribution in [0.15, 0.2) is 39.3 Å². The van der Waals surface area contributed by atoms with Crippen LogP contribution in [0.25, 0.3) is 22.6 Å². The molecular weight excluding hydrogens is 234 g/mol. The van der Waals surface area contributed by atoms with E-state index >= 15 is 0 Å². The second-order valence-electron chi connectivity index (χ2n) is 3.89. The molecule has 0 amide bonds. The lowest BCUT2D eigenvalue weighted by atomic mass is 10.2. The molecule has 0 saturated heterocycles. The minimum Gasteiger partial charge on any atom is -0.453 e. The number of rotatable bonds is 3. The Morgan fingerprint density at radius 2 is 2.17 bits per heavy atom. The molecule has 2 aromatic heterocycles. The summed E-state index contributed by atoms with van der Waals surface area (Å²) in [6.07, 6.45) is 0. The Morgan fingerprint density at radius 3 is 2.94 bits per heavy atom. The molecule has 0 aliphatic heterocycles. The van der Waals surface area contributed by atoms with Gasteiger partial charge in [-0.3, -0.25) is 0 Å². The van der Waals surface area contributed by atoms with Gasteiger partial charge in [0.2, 0.25) is 11.7 Å². The third-order valence-corrected chi connectivity index (χ3v) is 2.60. The van der Waals surface area contributed by atoms with Crippen molar-refractivity contribution in [2.75, 3.05) is 6.61 Å². The van der Waals surface area contributed by atoms with Gasteiger partial charge in [-0.2, -0.15) is 4.98 Å². The van der Waals surface area contributed by atoms with E-state index in [2.05, 4.69) is 10.1 Å². The molecular formula is C12H11N3O3. The summed E-state index contributed by atoms with van der Waals surface area (Å²) in [5, 5.41) is 13.6. The van der Waals surface area contributed by atoms with Gasteiger partial charge in [0, 0.05) is 5.39 Å². The maximum Gasteiger partial charge on any atom is 0.246 e. The summed E-state index contributed by atoms with van der Waals surface area (Å²) < 4.78 is 10.6. The third-order valence-electron chi connectivity index (χ3n) is 2.60. The molecule has 3 rings (SSSR count). The molecule has 0 aliphatic rings. The molecule has 6 nitrogen and oxygen atoms in total. The molecule has 1 aromatic carbocycles. The number of furan rings is 1. The Kier molecular flexibility index (Phi) is 2.58. The summed E-state index contributed by atoms with van der Waals surface area (Å²) in [4.78, 5) is 4.09. The average Bonchev–Trinajstić information content (AvgIpc) is 3.03. The second-order valence-corrected chi connectivity index (χ2v) is 3.89. The number of para-hydroxylation sites is 1. The Morgan fingerprint density at radius 1 is 1.33 bits per heavy atom. The number of nitrogens with zero attached hydrogens (tertiary/aromatic N) is 2. The predicted molar refractivity (Wildman–Crippen MR) is 63.5 cm³/mol. The van der Waals surface area contributed by atoms with Gasteiger partial charge < -0.3 is 19.8 Å². The van der Waals surface area contributed by atoms with Crippen molar-refractivity contribution in [1.29, 1.82) is 0 Å². The number of fused-ring (bicyclic) bond motifs is 1. The first-order valence-electron chi connectivity index (χ1n) is 5.47. The SMILES string of the molecule is N[C@H](CO)c1nc(-c2cc3ccccc3o2)no1. The van der Waals surface area contributed by atoms with Gasteiger partial charge in [0.15, 0.2) is 5.76 Å². The first kappa shape index (κ1) is 10.9. The van der Waals surface area contributed by atoms with Crippen LogP contribution < -0.4 is 5.73 Å². The molecule has 92 valence electrons. The van der Waals surface area contributed by atoms with Crippen LogP contribution in [0, 0.1) is 0 Å². The maximum atomic E-state index is 8.91. The van der Waals surface area contributed by atoms with Crippen molar-refractivity contribution >= 4 is 11.0 Å². The van der Waals surface area contributed by atoms with Crippen LogP contribution in [0.3, 0.4) is 0 Å². The Labute approximate surface area is 102 Å². The second kappa shape index (κ2) is 4.25. The molecule has 0 spiro atoms. The van der Waals surface area contributed by atoms with E-state index in [-0.39, 0.29) is 12.5 Å². The smallest absolute Gasteiger partial charge is 0.246 e. The van der Waals surface area contributed by atoms with Crippen molar-refractivity contribution in [2.45, 2.75) is 6.04 Å². The molecule has 0 bridgehead atoms. The van der Waals surface area contributed by atoms with Gasteiger partial charge in [-0.15, -0.1) is 0 Å². The van der Waals surface area contributed by atoms with E-state index in [4.69, 9.17) is 19.8 Å². The molecule has 18 heavy (non-hydrogen) atoms. The minimum atomic E-state index is -0.671. The molecule has 0 aliphatic carbocycles. The number of hydrogen-bond acceptors (Lipinski definition) is 6. The van der Waals surface area contributed by atoms with Crippen molar-refractivity contribution in [3.05, 3.63) is 36.2 Å². The molecule has 0 unspecified atom stereocenters. The number of nitrogens with two attached hydrogens (primary N) is 1. The van der Waals surface area contributed by atoms with Crippen LogP contribution in [0.1, 0.15) is 11.9 Å². The zero-order chi connectivity index (χ0) is 12.5. The monoisotopic (exact) mass is 245 g/mol. The fourth-order valence-electron chi connectivity index (χ4n) is 1.66. The first-order valence-corrected chi connectivity index (χ1v) is 5.47. The van der Waals surface area contributed by atoms with Crippen LogP contribution in [0.5, 0.6) is 0 Å². The van der Waals surface area contributed by atoms with Crippen molar-refractivity contribution in [3.8, 4) is 11.6 Å². The molecule has 0 radical (unpaired) electrons. The largest absolute Gasteiger partial charge is 0.453 e. The lowest BCUT2D eigenvalue weighted by Gasteiger charge is -1.98. The van der Waals surface area contributed by atoms with E-state index in [0.29, 0.717) is 11.6 Å². The van der Waals surface area contributed by atoms with E-state index in [1.807, 2.05) is 30.3 Å². The van der Waals surface area contributed by atoms with Gasteiger partial charge in [0.1, 0.15) is 11.6 Å². The highest BCUT2D eigenvalue weighted by atomic mass is 16.5. The Hall–Kier alpha value is -2.18. The van der Waals surface area contributed by atoms with Crippen molar-refractivity contribution in [1.82, 2.24) is 10.1 Å². The first-order chi connectivity index (χ1) is 8.78. The van der Waals surface area contributed by atoms with Gasteiger partial charge in [0.05, 0.1) is 6.61 Å². The Bertz CT molecular complexity index is 641. The highest BCUT2D eigenvalue weighted by Crippen LogP contribution is 2.26. The van der Waals surface area contributed by atoms with Crippen LogP contribution in [-0.4, -0.2) is 21.9 Å². The lowest BCUT2D eigenvalue weighted by molar-refractivity contribution is 0.237. The maximum absolute atomic E-state index is 8.91. The van der Waals surface area contributed by atoms with E-state index in [0.717, 1.165) is 11.0 Å². The molecule has 1 atom stereocenters. The number of hydrogen-bond donors (Lipinski definition) is 2. The number of aliphatic hydroxyl groups is 1. The molecule has 3 aromatic rings. The summed E-state index contributed by atoms with van der Waals surface area (Å²) in [5.74, 6) is 1.02. The predicted octanol–water partition coefficient (Wildman–Crippen LogP) is 1.47. The van der Waals surface area contributed by atoms with Crippen LogP contribution in [-0.2, 0) is 0 Å². The topological polar surface area (TPSA) is 98.3 Å². The normalized spacial score (nSPS) is 13.0. The van der Waals surface area contributed by atoms with Crippen LogP contribution in [0.4, 0.5) is 0 Å². The highest BCUT2D eigenvalue weighted by molar-refractivity contribution is 5.81. The van der Waals surface area contributed by atoms with E-state index < -0.39 is 6.04 Å². The van der Waals surface area contributed by atoms with Crippen LogP contribution in [0.2, 0.25) is 0 Å². The molecule has 6 heteroatoms. The minimum absolute atomic E-state index is 0.188. The van der Waals surface area contributed by atoms with E-state index in [1.165, 1.54) is 0 Å². The Balaban J connectivity index is 2.01. The zero-order valence-electron chi connectivity index (χ0n) is 9.41. The number of benzene rings is 1. The summed E-state index contributed by atoms with van der Waals surface area (Å²) in [5.41, 5.74) is 6.34. The summed E-state index contributed by atoms with van der Waals surface area (Å²) in [6.45, 7) is -0.248. The van der Waals surface area contributed by atoms with Gasteiger partial charge in [-0.1, -0.05) is 23.4 Å².